The molecular formula is C49H51Cl5N4O2. The Morgan fingerprint density at radius 1 is 0.467 bits per heavy atom. The van der Waals surface area contributed by atoms with Crippen LogP contribution in [0.3, 0.4) is 0 Å². The summed E-state index contributed by atoms with van der Waals surface area (Å²) in [6.45, 7) is 26.1. The van der Waals surface area contributed by atoms with E-state index >= 15 is 0 Å². The lowest BCUT2D eigenvalue weighted by molar-refractivity contribution is -0.114. The molecule has 11 heteroatoms. The van der Waals surface area contributed by atoms with Crippen molar-refractivity contribution in [2.45, 2.75) is 90.0 Å². The summed E-state index contributed by atoms with van der Waals surface area (Å²) >= 11 is 33.7. The molecule has 0 amide bonds. The Hall–Kier alpha value is -3.91. The maximum atomic E-state index is 13.7. The summed E-state index contributed by atoms with van der Waals surface area (Å²) in [5.74, 6) is 0.0533. The minimum atomic E-state index is -0.427. The molecular weight excluding hydrogens is 854 g/mol. The SMILES string of the molecule is CC(N=Nc1cc(Cl)c(-c2cc(Cl)c(N=NC(=C3C=C(C(C)(C)C)C(=O)C(C(C)(C)C)=C3)c3ccc(Cl)cc3)cc2Cl)cc1Cl)=C1C=C(C(C)(C)C)C(=O)C(C(C)(C)C)=C1. The van der Waals surface area contributed by atoms with Gasteiger partial charge in [0.2, 0.25) is 0 Å². The van der Waals surface area contributed by atoms with Gasteiger partial charge in [0, 0.05) is 49.6 Å². The molecule has 0 heterocycles. The highest BCUT2D eigenvalue weighted by molar-refractivity contribution is 6.40. The van der Waals surface area contributed by atoms with E-state index in [0.29, 0.717) is 71.3 Å². The molecule has 6 nitrogen and oxygen atoms in total. The van der Waals surface area contributed by atoms with Crippen LogP contribution in [0, 0.1) is 21.7 Å². The number of carbonyl (C=O) groups is 2. The van der Waals surface area contributed by atoms with Crippen molar-refractivity contribution in [1.29, 1.82) is 0 Å². The second-order valence-corrected chi connectivity index (χ2v) is 21.3. The van der Waals surface area contributed by atoms with Gasteiger partial charge in [0.1, 0.15) is 17.1 Å². The van der Waals surface area contributed by atoms with E-state index in [0.717, 1.165) is 16.7 Å². The van der Waals surface area contributed by atoms with Crippen molar-refractivity contribution in [1.82, 2.24) is 0 Å². The molecule has 314 valence electrons. The zero-order valence-electron chi connectivity index (χ0n) is 36.4. The molecule has 0 atom stereocenters. The first-order valence-electron chi connectivity index (χ1n) is 19.6. The number of nitrogens with zero attached hydrogens (tertiary/aromatic N) is 4. The number of ketones is 2. The Morgan fingerprint density at radius 2 is 0.817 bits per heavy atom. The van der Waals surface area contributed by atoms with Gasteiger partial charge in [-0.2, -0.15) is 5.11 Å². The lowest BCUT2D eigenvalue weighted by atomic mass is 9.71. The topological polar surface area (TPSA) is 83.6 Å². The monoisotopic (exact) mass is 902 g/mol. The molecule has 3 aromatic rings. The molecule has 0 aliphatic heterocycles. The van der Waals surface area contributed by atoms with Crippen LogP contribution in [0.4, 0.5) is 11.4 Å². The number of rotatable bonds is 6. The van der Waals surface area contributed by atoms with Gasteiger partial charge in [0.25, 0.3) is 0 Å². The Morgan fingerprint density at radius 3 is 1.18 bits per heavy atom. The zero-order chi connectivity index (χ0) is 44.9. The van der Waals surface area contributed by atoms with Gasteiger partial charge in [-0.05, 0) is 94.9 Å². The minimum absolute atomic E-state index is 0.0105. The normalized spacial score (nSPS) is 15.8. The molecule has 0 saturated carbocycles. The minimum Gasteiger partial charge on any atom is -0.289 e. The standard InChI is InChI=1S/C49H51Cl5N4O2/c1-26(28-18-33(46(2,3)4)44(59)34(19-28)47(5,6)7)55-56-41-24-37(51)31(22-39(41)53)32-23-40(54)42(25-38(32)52)57-58-43(27-14-16-30(50)17-15-27)29-20-35(48(8,9)10)45(60)36(21-29)49(11,12)13/h14-25H,1-13H3. The van der Waals surface area contributed by atoms with E-state index in [-0.39, 0.29) is 32.4 Å². The first kappa shape index (κ1) is 47.1. The fraction of sp³-hybridized carbons (Fsp3) is 0.347. The van der Waals surface area contributed by atoms with Crippen LogP contribution in [0.5, 0.6) is 0 Å². The smallest absolute Gasteiger partial charge is 0.186 e. The third-order valence-electron chi connectivity index (χ3n) is 10.1. The van der Waals surface area contributed by atoms with Gasteiger partial charge in [0.05, 0.1) is 25.8 Å². The quantitative estimate of drug-likeness (QED) is 0.231. The lowest BCUT2D eigenvalue weighted by Gasteiger charge is -2.31. The van der Waals surface area contributed by atoms with E-state index in [1.807, 2.05) is 126 Å². The second kappa shape index (κ2) is 17.5. The predicted octanol–water partition coefficient (Wildman–Crippen LogP) is 17.5. The predicted molar refractivity (Wildman–Crippen MR) is 252 cm³/mol. The molecule has 0 radical (unpaired) electrons. The van der Waals surface area contributed by atoms with Crippen molar-refractivity contribution in [2.24, 2.45) is 42.1 Å². The van der Waals surface area contributed by atoms with Crippen LogP contribution >= 0.6 is 58.0 Å². The first-order valence-corrected chi connectivity index (χ1v) is 21.5. The van der Waals surface area contributed by atoms with Crippen molar-refractivity contribution in [3.05, 3.63) is 143 Å². The van der Waals surface area contributed by atoms with Gasteiger partial charge >= 0.3 is 0 Å². The van der Waals surface area contributed by atoms with Gasteiger partial charge in [-0.3, -0.25) is 9.59 Å². The summed E-state index contributed by atoms with van der Waals surface area (Å²) in [4.78, 5) is 27.2. The molecule has 60 heavy (non-hydrogen) atoms. The van der Waals surface area contributed by atoms with E-state index in [4.69, 9.17) is 63.1 Å². The Kier molecular flexibility index (Phi) is 13.7. The third-order valence-corrected chi connectivity index (χ3v) is 11.6. The maximum absolute atomic E-state index is 13.7. The molecule has 0 unspecified atom stereocenters. The van der Waals surface area contributed by atoms with E-state index in [9.17, 15) is 9.59 Å². The van der Waals surface area contributed by atoms with E-state index < -0.39 is 10.8 Å². The van der Waals surface area contributed by atoms with Crippen LogP contribution < -0.4 is 0 Å². The van der Waals surface area contributed by atoms with Gasteiger partial charge in [-0.1, -0.05) is 153 Å². The highest BCUT2D eigenvalue weighted by atomic mass is 35.5. The molecule has 0 bridgehead atoms. The molecule has 0 saturated heterocycles. The molecule has 0 fully saturated rings. The van der Waals surface area contributed by atoms with Crippen molar-refractivity contribution < 1.29 is 9.59 Å². The fourth-order valence-corrected chi connectivity index (χ4v) is 7.70. The van der Waals surface area contributed by atoms with E-state index in [2.05, 4.69) is 15.3 Å². The zero-order valence-corrected chi connectivity index (χ0v) is 40.2. The first-order chi connectivity index (χ1) is 27.6. The number of Topliss-reactive ketones (excluding diaryl/α,β-unsaturated/α-hetero) is 2. The number of azo groups is 2. The van der Waals surface area contributed by atoms with Crippen LogP contribution in [0.25, 0.3) is 16.8 Å². The molecule has 3 aromatic carbocycles. The molecule has 0 aromatic heterocycles. The summed E-state index contributed by atoms with van der Waals surface area (Å²) in [7, 11) is 0. The summed E-state index contributed by atoms with van der Waals surface area (Å²) in [5.41, 5.74) is 6.34. The van der Waals surface area contributed by atoms with E-state index in [1.165, 1.54) is 0 Å². The summed E-state index contributed by atoms with van der Waals surface area (Å²) in [6.07, 6.45) is 7.57. The number of benzene rings is 3. The maximum Gasteiger partial charge on any atom is 0.186 e. The average Bonchev–Trinajstić information content (AvgIpc) is 3.12. The molecule has 5 rings (SSSR count). The Labute approximate surface area is 379 Å². The number of carbonyl (C=O) groups excluding carboxylic acids is 2. The number of hydrogen-bond acceptors (Lipinski definition) is 6. The molecule has 0 spiro atoms. The van der Waals surface area contributed by atoms with Crippen molar-refractivity contribution in [3.8, 4) is 11.1 Å². The lowest BCUT2D eigenvalue weighted by Crippen LogP contribution is -2.28. The Bertz CT molecular complexity index is 2470. The highest BCUT2D eigenvalue weighted by Gasteiger charge is 2.36. The van der Waals surface area contributed by atoms with E-state index in [1.54, 1.807) is 36.4 Å². The summed E-state index contributed by atoms with van der Waals surface area (Å²) < 4.78 is 0. The summed E-state index contributed by atoms with van der Waals surface area (Å²) in [5, 5.41) is 20.1. The van der Waals surface area contributed by atoms with Crippen LogP contribution in [0.1, 0.15) is 95.6 Å². The molecule has 0 N–H and O–H groups in total. The fourth-order valence-electron chi connectivity index (χ4n) is 6.65. The third kappa shape index (κ3) is 10.6. The molecule has 2 aliphatic rings. The highest BCUT2D eigenvalue weighted by Crippen LogP contribution is 2.45. The van der Waals surface area contributed by atoms with Crippen LogP contribution in [0.15, 0.2) is 132 Å². The number of allylic oxidation sites excluding steroid dienone is 11. The van der Waals surface area contributed by atoms with Crippen molar-refractivity contribution in [3.63, 3.8) is 0 Å². The van der Waals surface area contributed by atoms with Crippen LogP contribution in [-0.4, -0.2) is 11.6 Å². The number of halogens is 5. The number of hydrogen-bond donors (Lipinski definition) is 0. The van der Waals surface area contributed by atoms with Gasteiger partial charge in [-0.15, -0.1) is 15.3 Å². The largest absolute Gasteiger partial charge is 0.289 e. The average molecular weight is 905 g/mol. The van der Waals surface area contributed by atoms with Crippen molar-refractivity contribution in [2.75, 3.05) is 0 Å². The van der Waals surface area contributed by atoms with Gasteiger partial charge in [-0.25, -0.2) is 0 Å². The van der Waals surface area contributed by atoms with Gasteiger partial charge in [0.15, 0.2) is 11.6 Å². The summed E-state index contributed by atoms with van der Waals surface area (Å²) in [6, 6.07) is 13.8. The van der Waals surface area contributed by atoms with Gasteiger partial charge < -0.3 is 0 Å². The van der Waals surface area contributed by atoms with Crippen LogP contribution in [0.2, 0.25) is 25.1 Å². The second-order valence-electron chi connectivity index (χ2n) is 19.2. The van der Waals surface area contributed by atoms with Crippen LogP contribution in [-0.2, 0) is 9.59 Å². The molecule has 2 aliphatic carbocycles. The Balaban J connectivity index is 1.54. The van der Waals surface area contributed by atoms with Crippen molar-refractivity contribution >= 4 is 86.6 Å².